The molecule has 3 nitrogen and oxygen atoms in total. The summed E-state index contributed by atoms with van der Waals surface area (Å²) in [4.78, 5) is 13.5. The average molecular weight is 327 g/mol. The monoisotopic (exact) mass is 327 g/mol. The van der Waals surface area contributed by atoms with Crippen LogP contribution >= 0.6 is 0 Å². The molecule has 0 radical (unpaired) electrons. The molecule has 0 aliphatic carbocycles. The van der Waals surface area contributed by atoms with Gasteiger partial charge >= 0.3 is 6.61 Å². The molecule has 2 rings (SSSR count). The smallest absolute Gasteiger partial charge is 0.387 e. The van der Waals surface area contributed by atoms with Gasteiger partial charge in [-0.05, 0) is 18.2 Å². The molecule has 122 valence electrons. The summed E-state index contributed by atoms with van der Waals surface area (Å²) in [7, 11) is 1.38. The number of carbonyl (C=O) groups excluding carboxylic acids is 1. The summed E-state index contributed by atoms with van der Waals surface area (Å²) in [6.07, 6.45) is 0. The minimum atomic E-state index is -3.07. The van der Waals surface area contributed by atoms with Crippen molar-refractivity contribution in [3.8, 4) is 5.75 Å². The molecule has 0 aromatic heterocycles. The van der Waals surface area contributed by atoms with Crippen LogP contribution in [0.5, 0.6) is 5.75 Å². The summed E-state index contributed by atoms with van der Waals surface area (Å²) in [5.74, 6) is -2.40. The minimum Gasteiger partial charge on any atom is -0.434 e. The number of amides is 1. The topological polar surface area (TPSA) is 29.5 Å². The van der Waals surface area contributed by atoms with Crippen molar-refractivity contribution in [1.29, 1.82) is 0 Å². The molecule has 0 bridgehead atoms. The van der Waals surface area contributed by atoms with E-state index >= 15 is 0 Å². The Morgan fingerprint density at radius 2 is 1.87 bits per heavy atom. The molecule has 2 aromatic carbocycles. The van der Waals surface area contributed by atoms with Gasteiger partial charge in [0.2, 0.25) is 0 Å². The maximum Gasteiger partial charge on any atom is 0.387 e. The summed E-state index contributed by atoms with van der Waals surface area (Å²) in [5.41, 5.74) is 0.0346. The Morgan fingerprint density at radius 3 is 2.52 bits per heavy atom. The second-order valence-corrected chi connectivity index (χ2v) is 4.77. The number of nitrogens with zero attached hydrogens (tertiary/aromatic N) is 1. The van der Waals surface area contributed by atoms with E-state index in [1.165, 1.54) is 37.4 Å². The zero-order valence-electron chi connectivity index (χ0n) is 12.1. The molecule has 2 aromatic rings. The second kappa shape index (κ2) is 7.13. The number of alkyl halides is 2. The average Bonchev–Trinajstić information content (AvgIpc) is 2.49. The predicted octanol–water partition coefficient (Wildman–Crippen LogP) is 3.84. The van der Waals surface area contributed by atoms with Crippen LogP contribution in [0.25, 0.3) is 0 Å². The highest BCUT2D eigenvalue weighted by Crippen LogP contribution is 2.22. The highest BCUT2D eigenvalue weighted by molar-refractivity contribution is 5.96. The molecular weight excluding hydrogens is 314 g/mol. The SMILES string of the molecule is CN(Cc1ccc(F)cc1F)C(=O)c1ccccc1OC(F)F. The third kappa shape index (κ3) is 4.21. The third-order valence-corrected chi connectivity index (χ3v) is 3.10. The van der Waals surface area contributed by atoms with E-state index in [1.807, 2.05) is 0 Å². The molecule has 0 unspecified atom stereocenters. The van der Waals surface area contributed by atoms with Crippen LogP contribution in [0.15, 0.2) is 42.5 Å². The maximum atomic E-state index is 13.6. The third-order valence-electron chi connectivity index (χ3n) is 3.10. The van der Waals surface area contributed by atoms with E-state index in [4.69, 9.17) is 0 Å². The van der Waals surface area contributed by atoms with Crippen LogP contribution < -0.4 is 4.74 Å². The van der Waals surface area contributed by atoms with Crippen LogP contribution in [-0.2, 0) is 6.54 Å². The molecule has 0 heterocycles. The maximum absolute atomic E-state index is 13.6. The number of hydrogen-bond acceptors (Lipinski definition) is 2. The molecule has 0 atom stereocenters. The Labute approximate surface area is 130 Å². The van der Waals surface area contributed by atoms with Gasteiger partial charge in [-0.1, -0.05) is 18.2 Å². The molecule has 0 saturated carbocycles. The minimum absolute atomic E-state index is 0.0715. The van der Waals surface area contributed by atoms with Crippen molar-refractivity contribution in [3.63, 3.8) is 0 Å². The van der Waals surface area contributed by atoms with Gasteiger partial charge in [-0.2, -0.15) is 8.78 Å². The fourth-order valence-corrected chi connectivity index (χ4v) is 2.02. The molecule has 0 N–H and O–H groups in total. The van der Waals surface area contributed by atoms with Gasteiger partial charge in [0, 0.05) is 25.2 Å². The van der Waals surface area contributed by atoms with Gasteiger partial charge in [-0.3, -0.25) is 4.79 Å². The number of benzene rings is 2. The van der Waals surface area contributed by atoms with Gasteiger partial charge in [0.05, 0.1) is 5.56 Å². The summed E-state index contributed by atoms with van der Waals surface area (Å²) in [5, 5.41) is 0. The molecule has 1 amide bonds. The first-order valence-corrected chi connectivity index (χ1v) is 6.61. The van der Waals surface area contributed by atoms with E-state index in [2.05, 4.69) is 4.74 Å². The van der Waals surface area contributed by atoms with Gasteiger partial charge in [0.15, 0.2) is 0 Å². The van der Waals surface area contributed by atoms with E-state index in [-0.39, 0.29) is 23.4 Å². The van der Waals surface area contributed by atoms with Crippen LogP contribution in [0.4, 0.5) is 17.6 Å². The molecule has 23 heavy (non-hydrogen) atoms. The zero-order valence-corrected chi connectivity index (χ0v) is 12.1. The number of hydrogen-bond donors (Lipinski definition) is 0. The predicted molar refractivity (Wildman–Crippen MR) is 75.2 cm³/mol. The van der Waals surface area contributed by atoms with Gasteiger partial charge < -0.3 is 9.64 Å². The number of ether oxygens (including phenoxy) is 1. The van der Waals surface area contributed by atoms with Crippen molar-refractivity contribution in [2.45, 2.75) is 13.2 Å². The summed E-state index contributed by atoms with van der Waals surface area (Å²) in [6, 6.07) is 8.53. The Kier molecular flexibility index (Phi) is 5.20. The molecule has 0 fully saturated rings. The lowest BCUT2D eigenvalue weighted by Crippen LogP contribution is -2.27. The van der Waals surface area contributed by atoms with Crippen molar-refractivity contribution in [2.75, 3.05) is 7.05 Å². The first kappa shape index (κ1) is 16.8. The Morgan fingerprint density at radius 1 is 1.17 bits per heavy atom. The van der Waals surface area contributed by atoms with Gasteiger partial charge in [-0.25, -0.2) is 8.78 Å². The first-order valence-electron chi connectivity index (χ1n) is 6.61. The highest BCUT2D eigenvalue weighted by atomic mass is 19.3. The number of halogens is 4. The molecule has 0 aliphatic heterocycles. The standard InChI is InChI=1S/C16H13F4NO2/c1-21(9-10-6-7-11(17)8-13(10)18)15(22)12-4-2-3-5-14(12)23-16(19)20/h2-8,16H,9H2,1H3. The van der Waals surface area contributed by atoms with Gasteiger partial charge in [0.25, 0.3) is 5.91 Å². The number of rotatable bonds is 5. The summed E-state index contributed by atoms with van der Waals surface area (Å²) < 4.78 is 55.5. The molecule has 7 heteroatoms. The fourth-order valence-electron chi connectivity index (χ4n) is 2.02. The van der Waals surface area contributed by atoms with Crippen LogP contribution in [0.3, 0.4) is 0 Å². The largest absolute Gasteiger partial charge is 0.434 e. The molecule has 0 spiro atoms. The fraction of sp³-hybridized carbons (Fsp3) is 0.188. The molecule has 0 aliphatic rings. The van der Waals surface area contributed by atoms with E-state index in [9.17, 15) is 22.4 Å². The zero-order chi connectivity index (χ0) is 17.0. The van der Waals surface area contributed by atoms with Crippen LogP contribution in [0.2, 0.25) is 0 Å². The summed E-state index contributed by atoms with van der Waals surface area (Å²) >= 11 is 0. The number of para-hydroxylation sites is 1. The lowest BCUT2D eigenvalue weighted by molar-refractivity contribution is -0.0502. The van der Waals surface area contributed by atoms with Gasteiger partial charge in [0.1, 0.15) is 17.4 Å². The highest BCUT2D eigenvalue weighted by Gasteiger charge is 2.19. The van der Waals surface area contributed by atoms with E-state index in [0.717, 1.165) is 11.0 Å². The Bertz CT molecular complexity index is 706. The van der Waals surface area contributed by atoms with Crippen molar-refractivity contribution in [3.05, 3.63) is 65.2 Å². The number of carbonyl (C=O) groups is 1. The van der Waals surface area contributed by atoms with E-state index in [0.29, 0.717) is 6.07 Å². The van der Waals surface area contributed by atoms with Crippen molar-refractivity contribution in [2.24, 2.45) is 0 Å². The quantitative estimate of drug-likeness (QED) is 0.781. The van der Waals surface area contributed by atoms with Crippen molar-refractivity contribution >= 4 is 5.91 Å². The van der Waals surface area contributed by atoms with E-state index < -0.39 is 24.2 Å². The summed E-state index contributed by atoms with van der Waals surface area (Å²) in [6.45, 7) is -3.21. The first-order chi connectivity index (χ1) is 10.9. The lowest BCUT2D eigenvalue weighted by atomic mass is 10.1. The second-order valence-electron chi connectivity index (χ2n) is 4.77. The molecule has 0 saturated heterocycles. The van der Waals surface area contributed by atoms with Crippen LogP contribution in [-0.4, -0.2) is 24.5 Å². The van der Waals surface area contributed by atoms with Crippen molar-refractivity contribution < 1.29 is 27.1 Å². The van der Waals surface area contributed by atoms with Crippen LogP contribution in [0.1, 0.15) is 15.9 Å². The Balaban J connectivity index is 2.20. The van der Waals surface area contributed by atoms with Gasteiger partial charge in [-0.15, -0.1) is 0 Å². The Hall–Kier alpha value is -2.57. The van der Waals surface area contributed by atoms with Crippen LogP contribution in [0, 0.1) is 11.6 Å². The molecular formula is C16H13F4NO2. The lowest BCUT2D eigenvalue weighted by Gasteiger charge is -2.19. The van der Waals surface area contributed by atoms with E-state index in [1.54, 1.807) is 0 Å². The normalized spacial score (nSPS) is 10.7. The van der Waals surface area contributed by atoms with Crippen molar-refractivity contribution in [1.82, 2.24) is 4.90 Å².